The molecule has 4 heteroatoms. The number of aromatic amines is 1. The first-order valence-corrected chi connectivity index (χ1v) is 6.77. The van der Waals surface area contributed by atoms with Crippen molar-refractivity contribution in [2.45, 2.75) is 38.1 Å². The van der Waals surface area contributed by atoms with Crippen LogP contribution in [0.2, 0.25) is 0 Å². The number of nitrogens with two attached hydrogens (primary N) is 1. The van der Waals surface area contributed by atoms with Gasteiger partial charge >= 0.3 is 0 Å². The summed E-state index contributed by atoms with van der Waals surface area (Å²) in [5, 5.41) is 4.11. The van der Waals surface area contributed by atoms with Crippen LogP contribution in [-0.2, 0) is 0 Å². The zero-order valence-electron chi connectivity index (χ0n) is 11.1. The number of aromatic nitrogens is 1. The second-order valence-electron chi connectivity index (χ2n) is 5.72. The van der Waals surface area contributed by atoms with Crippen molar-refractivity contribution in [1.29, 1.82) is 0 Å². The fraction of sp³-hybridized carbons (Fsp3) is 0.400. The van der Waals surface area contributed by atoms with Crippen molar-refractivity contribution in [2.24, 2.45) is 0 Å². The van der Waals surface area contributed by atoms with Crippen molar-refractivity contribution < 1.29 is 4.79 Å². The second-order valence-corrected chi connectivity index (χ2v) is 5.72. The number of hydrogen-bond donors (Lipinski definition) is 3. The van der Waals surface area contributed by atoms with Crippen molar-refractivity contribution in [2.75, 3.05) is 5.73 Å². The highest BCUT2D eigenvalue weighted by atomic mass is 16.2. The quantitative estimate of drug-likeness (QED) is 0.724. The van der Waals surface area contributed by atoms with Gasteiger partial charge in [0.25, 0.3) is 5.91 Å². The standard InChI is InChI=1S/C15H19N3O/c1-15(7-2-3-8-15)18-14(19)12-9-10-5-4-6-11(16)13(10)17-12/h4-6,9,17H,2-3,7-8,16H2,1H3,(H,18,19). The molecular weight excluding hydrogens is 238 g/mol. The van der Waals surface area contributed by atoms with Crippen LogP contribution in [0.25, 0.3) is 10.9 Å². The highest BCUT2D eigenvalue weighted by Gasteiger charge is 2.30. The van der Waals surface area contributed by atoms with E-state index in [0.29, 0.717) is 11.4 Å². The fourth-order valence-electron chi connectivity index (χ4n) is 2.92. The van der Waals surface area contributed by atoms with E-state index >= 15 is 0 Å². The highest BCUT2D eigenvalue weighted by Crippen LogP contribution is 2.29. The van der Waals surface area contributed by atoms with Gasteiger partial charge in [-0.1, -0.05) is 25.0 Å². The van der Waals surface area contributed by atoms with Crippen LogP contribution in [0.4, 0.5) is 5.69 Å². The van der Waals surface area contributed by atoms with Crippen LogP contribution in [0.5, 0.6) is 0 Å². The summed E-state index contributed by atoms with van der Waals surface area (Å²) in [4.78, 5) is 15.4. The van der Waals surface area contributed by atoms with Gasteiger partial charge in [-0.2, -0.15) is 0 Å². The van der Waals surface area contributed by atoms with Gasteiger partial charge in [-0.15, -0.1) is 0 Å². The molecule has 4 nitrogen and oxygen atoms in total. The number of anilines is 1. The summed E-state index contributed by atoms with van der Waals surface area (Å²) >= 11 is 0. The number of nitrogens with one attached hydrogen (secondary N) is 2. The molecule has 1 fully saturated rings. The lowest BCUT2D eigenvalue weighted by Crippen LogP contribution is -2.43. The Bertz CT molecular complexity index is 623. The van der Waals surface area contributed by atoms with E-state index < -0.39 is 0 Å². The van der Waals surface area contributed by atoms with Gasteiger partial charge in [-0.3, -0.25) is 4.79 Å². The van der Waals surface area contributed by atoms with Crippen LogP contribution in [0, 0.1) is 0 Å². The Morgan fingerprint density at radius 3 is 2.79 bits per heavy atom. The molecule has 2 aromatic rings. The lowest BCUT2D eigenvalue weighted by molar-refractivity contribution is 0.0904. The third-order valence-corrected chi connectivity index (χ3v) is 4.06. The Morgan fingerprint density at radius 2 is 2.11 bits per heavy atom. The third kappa shape index (κ3) is 2.18. The molecule has 1 aromatic carbocycles. The van der Waals surface area contributed by atoms with E-state index in [2.05, 4.69) is 17.2 Å². The van der Waals surface area contributed by atoms with Crippen molar-refractivity contribution in [3.05, 3.63) is 30.0 Å². The molecule has 3 rings (SSSR count). The SMILES string of the molecule is CC1(NC(=O)c2cc3cccc(N)c3[nH]2)CCCC1. The zero-order chi connectivity index (χ0) is 13.5. The van der Waals surface area contributed by atoms with Gasteiger partial charge in [0.1, 0.15) is 5.69 Å². The van der Waals surface area contributed by atoms with Gasteiger partial charge in [0.05, 0.1) is 11.2 Å². The number of fused-ring (bicyclic) bond motifs is 1. The molecule has 1 heterocycles. The monoisotopic (exact) mass is 257 g/mol. The maximum absolute atomic E-state index is 12.3. The smallest absolute Gasteiger partial charge is 0.268 e. The molecule has 0 spiro atoms. The number of H-pyrrole nitrogens is 1. The molecule has 0 atom stereocenters. The minimum Gasteiger partial charge on any atom is -0.397 e. The zero-order valence-corrected chi connectivity index (χ0v) is 11.1. The van der Waals surface area contributed by atoms with E-state index in [-0.39, 0.29) is 11.4 Å². The van der Waals surface area contributed by atoms with Crippen LogP contribution in [0.3, 0.4) is 0 Å². The number of nitrogen functional groups attached to an aromatic ring is 1. The first-order chi connectivity index (χ1) is 9.07. The van der Waals surface area contributed by atoms with Crippen molar-refractivity contribution in [1.82, 2.24) is 10.3 Å². The van der Waals surface area contributed by atoms with E-state index in [4.69, 9.17) is 5.73 Å². The topological polar surface area (TPSA) is 70.9 Å². The summed E-state index contributed by atoms with van der Waals surface area (Å²) in [7, 11) is 0. The predicted octanol–water partition coefficient (Wildman–Crippen LogP) is 2.81. The molecule has 1 aliphatic rings. The Morgan fingerprint density at radius 1 is 1.37 bits per heavy atom. The number of amides is 1. The molecule has 1 amide bonds. The molecule has 1 saturated carbocycles. The summed E-state index contributed by atoms with van der Waals surface area (Å²) in [5.41, 5.74) is 7.93. The molecule has 0 unspecified atom stereocenters. The summed E-state index contributed by atoms with van der Waals surface area (Å²) in [6, 6.07) is 7.54. The molecule has 0 bridgehead atoms. The van der Waals surface area contributed by atoms with Gasteiger partial charge in [0.15, 0.2) is 0 Å². The van der Waals surface area contributed by atoms with Gasteiger partial charge in [0, 0.05) is 10.9 Å². The van der Waals surface area contributed by atoms with E-state index in [1.165, 1.54) is 12.8 Å². The number of carbonyl (C=O) groups excluding carboxylic acids is 1. The average Bonchev–Trinajstić information content (AvgIpc) is 2.96. The molecule has 4 N–H and O–H groups in total. The van der Waals surface area contributed by atoms with Crippen molar-refractivity contribution in [3.8, 4) is 0 Å². The normalized spacial score (nSPS) is 17.7. The van der Waals surface area contributed by atoms with E-state index in [1.807, 2.05) is 24.3 Å². The van der Waals surface area contributed by atoms with Gasteiger partial charge < -0.3 is 16.0 Å². The molecule has 0 saturated heterocycles. The minimum atomic E-state index is -0.0556. The maximum Gasteiger partial charge on any atom is 0.268 e. The largest absolute Gasteiger partial charge is 0.397 e. The first kappa shape index (κ1) is 12.1. The number of benzene rings is 1. The first-order valence-electron chi connectivity index (χ1n) is 6.77. The molecule has 1 aliphatic carbocycles. The Labute approximate surface area is 112 Å². The molecule has 0 aliphatic heterocycles. The average molecular weight is 257 g/mol. The summed E-state index contributed by atoms with van der Waals surface area (Å²) in [6.07, 6.45) is 4.50. The second kappa shape index (κ2) is 4.30. The van der Waals surface area contributed by atoms with Crippen molar-refractivity contribution >= 4 is 22.5 Å². The number of rotatable bonds is 2. The third-order valence-electron chi connectivity index (χ3n) is 4.06. The molecule has 1 aromatic heterocycles. The van der Waals surface area contributed by atoms with E-state index in [9.17, 15) is 4.79 Å². The molecule has 100 valence electrons. The van der Waals surface area contributed by atoms with Crippen molar-refractivity contribution in [3.63, 3.8) is 0 Å². The Balaban J connectivity index is 1.87. The van der Waals surface area contributed by atoms with E-state index in [0.717, 1.165) is 23.7 Å². The Hall–Kier alpha value is -1.97. The lowest BCUT2D eigenvalue weighted by atomic mass is 10.0. The fourth-order valence-corrected chi connectivity index (χ4v) is 2.92. The number of carbonyl (C=O) groups is 1. The molecule has 19 heavy (non-hydrogen) atoms. The summed E-state index contributed by atoms with van der Waals surface area (Å²) in [6.45, 7) is 2.12. The summed E-state index contributed by atoms with van der Waals surface area (Å²) in [5.74, 6) is -0.0417. The van der Waals surface area contributed by atoms with Crippen LogP contribution in [0.15, 0.2) is 24.3 Å². The number of para-hydroxylation sites is 1. The molecular formula is C15H19N3O. The lowest BCUT2D eigenvalue weighted by Gasteiger charge is -2.24. The minimum absolute atomic E-state index is 0.0417. The maximum atomic E-state index is 12.3. The van der Waals surface area contributed by atoms with Gasteiger partial charge in [0.2, 0.25) is 0 Å². The van der Waals surface area contributed by atoms with Crippen LogP contribution in [-0.4, -0.2) is 16.4 Å². The molecule has 0 radical (unpaired) electrons. The predicted molar refractivity (Wildman–Crippen MR) is 77.1 cm³/mol. The van der Waals surface area contributed by atoms with Crippen LogP contribution < -0.4 is 11.1 Å². The summed E-state index contributed by atoms with van der Waals surface area (Å²) < 4.78 is 0. The van der Waals surface area contributed by atoms with Crippen LogP contribution in [0.1, 0.15) is 43.1 Å². The van der Waals surface area contributed by atoms with Crippen LogP contribution >= 0.6 is 0 Å². The van der Waals surface area contributed by atoms with E-state index in [1.54, 1.807) is 0 Å². The van der Waals surface area contributed by atoms with Gasteiger partial charge in [-0.05, 0) is 31.9 Å². The number of hydrogen-bond acceptors (Lipinski definition) is 2. The van der Waals surface area contributed by atoms with Gasteiger partial charge in [-0.25, -0.2) is 0 Å². The highest BCUT2D eigenvalue weighted by molar-refractivity contribution is 6.01. The Kier molecular flexibility index (Phi) is 2.73.